The number of ether oxygens (including phenoxy) is 1. The topological polar surface area (TPSA) is 107 Å². The van der Waals surface area contributed by atoms with Gasteiger partial charge in [0.2, 0.25) is 5.78 Å². The molecule has 5 N–H and O–H groups in total. The van der Waals surface area contributed by atoms with Crippen LogP contribution in [0.5, 0.6) is 5.75 Å². The molecule has 1 amide bonds. The van der Waals surface area contributed by atoms with Crippen LogP contribution in [0.4, 0.5) is 16.4 Å². The van der Waals surface area contributed by atoms with Crippen LogP contribution in [0.2, 0.25) is 5.02 Å². The Balaban J connectivity index is 1.95. The maximum atomic E-state index is 12.8. The van der Waals surface area contributed by atoms with Crippen molar-refractivity contribution in [2.75, 3.05) is 17.7 Å². The molecule has 0 bridgehead atoms. The molecular weight excluding hydrogens is 398 g/mol. The Labute approximate surface area is 171 Å². The van der Waals surface area contributed by atoms with Crippen LogP contribution in [-0.4, -0.2) is 18.3 Å². The first-order valence-corrected chi connectivity index (χ1v) is 9.62. The van der Waals surface area contributed by atoms with Crippen LogP contribution in [0.15, 0.2) is 48.5 Å². The number of halogens is 1. The van der Waals surface area contributed by atoms with Crippen molar-refractivity contribution in [3.63, 3.8) is 0 Å². The summed E-state index contributed by atoms with van der Waals surface area (Å²) in [6.45, 7) is 2.47. The third-order valence-electron chi connectivity index (χ3n) is 3.93. The van der Waals surface area contributed by atoms with Gasteiger partial charge in [-0.3, -0.25) is 9.59 Å². The highest BCUT2D eigenvalue weighted by Crippen LogP contribution is 2.38. The molecule has 0 saturated carbocycles. The number of primary amides is 1. The zero-order valence-electron chi connectivity index (χ0n) is 15.0. The fourth-order valence-electron chi connectivity index (χ4n) is 2.61. The Hall–Kier alpha value is -3.03. The molecule has 28 heavy (non-hydrogen) atoms. The van der Waals surface area contributed by atoms with Crippen molar-refractivity contribution >= 4 is 51.0 Å². The summed E-state index contributed by atoms with van der Waals surface area (Å²) >= 11 is 6.95. The molecule has 0 aliphatic heterocycles. The van der Waals surface area contributed by atoms with Crippen molar-refractivity contribution in [3.8, 4) is 5.75 Å². The molecule has 0 aliphatic carbocycles. The van der Waals surface area contributed by atoms with Crippen molar-refractivity contribution in [1.82, 2.24) is 0 Å². The predicted molar refractivity (Wildman–Crippen MR) is 113 cm³/mol. The highest BCUT2D eigenvalue weighted by Gasteiger charge is 2.25. The van der Waals surface area contributed by atoms with Crippen molar-refractivity contribution in [2.45, 2.75) is 6.92 Å². The molecular formula is C20H18ClN3O3S. The van der Waals surface area contributed by atoms with E-state index in [2.05, 4.69) is 5.32 Å². The van der Waals surface area contributed by atoms with Gasteiger partial charge in [-0.2, -0.15) is 0 Å². The number of amides is 1. The van der Waals surface area contributed by atoms with Gasteiger partial charge in [-0.25, -0.2) is 0 Å². The number of anilines is 3. The highest BCUT2D eigenvalue weighted by atomic mass is 35.5. The number of thiophene rings is 1. The fourth-order valence-corrected chi connectivity index (χ4v) is 3.84. The van der Waals surface area contributed by atoms with Crippen molar-refractivity contribution in [1.29, 1.82) is 0 Å². The van der Waals surface area contributed by atoms with Gasteiger partial charge in [0, 0.05) is 16.3 Å². The first-order valence-electron chi connectivity index (χ1n) is 8.43. The minimum atomic E-state index is -0.711. The lowest BCUT2D eigenvalue weighted by molar-refractivity contribution is 0.100. The number of carbonyl (C=O) groups excluding carboxylic acids is 2. The average molecular weight is 416 g/mol. The second-order valence-corrected chi connectivity index (χ2v) is 7.29. The Bertz CT molecular complexity index is 1010. The van der Waals surface area contributed by atoms with Gasteiger partial charge >= 0.3 is 0 Å². The minimum Gasteiger partial charge on any atom is -0.494 e. The quantitative estimate of drug-likeness (QED) is 0.494. The van der Waals surface area contributed by atoms with E-state index in [-0.39, 0.29) is 21.9 Å². The molecule has 8 heteroatoms. The van der Waals surface area contributed by atoms with Crippen LogP contribution in [0.3, 0.4) is 0 Å². The van der Waals surface area contributed by atoms with Crippen LogP contribution in [0.25, 0.3) is 0 Å². The van der Waals surface area contributed by atoms with Gasteiger partial charge < -0.3 is 21.5 Å². The highest BCUT2D eigenvalue weighted by molar-refractivity contribution is 7.19. The number of rotatable bonds is 7. The van der Waals surface area contributed by atoms with Crippen molar-refractivity contribution in [3.05, 3.63) is 69.6 Å². The summed E-state index contributed by atoms with van der Waals surface area (Å²) in [4.78, 5) is 25.0. The number of nitrogens with one attached hydrogen (secondary N) is 1. The molecule has 0 radical (unpaired) electrons. The second-order valence-electron chi connectivity index (χ2n) is 5.83. The molecule has 2 aromatic carbocycles. The number of ketones is 1. The van der Waals surface area contributed by atoms with Gasteiger partial charge in [-0.15, -0.1) is 11.3 Å². The third kappa shape index (κ3) is 4.11. The minimum absolute atomic E-state index is 0.0610. The van der Waals surface area contributed by atoms with Crippen LogP contribution >= 0.6 is 22.9 Å². The molecule has 0 saturated heterocycles. The average Bonchev–Trinajstić information content (AvgIpc) is 2.99. The molecule has 0 aliphatic rings. The first kappa shape index (κ1) is 19.7. The van der Waals surface area contributed by atoms with Crippen molar-refractivity contribution < 1.29 is 14.3 Å². The van der Waals surface area contributed by atoms with Crippen molar-refractivity contribution in [2.24, 2.45) is 5.73 Å². The Morgan fingerprint density at radius 1 is 1.11 bits per heavy atom. The molecule has 6 nitrogen and oxygen atoms in total. The summed E-state index contributed by atoms with van der Waals surface area (Å²) < 4.78 is 5.41. The van der Waals surface area contributed by atoms with Gasteiger partial charge in [0.15, 0.2) is 0 Å². The first-order chi connectivity index (χ1) is 13.4. The summed E-state index contributed by atoms with van der Waals surface area (Å²) in [7, 11) is 0. The van der Waals surface area contributed by atoms with Crippen LogP contribution in [0, 0.1) is 0 Å². The molecule has 1 heterocycles. The zero-order chi connectivity index (χ0) is 20.3. The fraction of sp³-hybridized carbons (Fsp3) is 0.100. The molecule has 0 atom stereocenters. The number of hydrogen-bond donors (Lipinski definition) is 3. The molecule has 0 fully saturated rings. The second kappa shape index (κ2) is 8.33. The Morgan fingerprint density at radius 2 is 1.75 bits per heavy atom. The monoisotopic (exact) mass is 415 g/mol. The predicted octanol–water partition coefficient (Wildman–Crippen LogP) is 4.46. The molecule has 144 valence electrons. The van der Waals surface area contributed by atoms with E-state index in [0.717, 1.165) is 17.1 Å². The summed E-state index contributed by atoms with van der Waals surface area (Å²) in [5.41, 5.74) is 12.9. The lowest BCUT2D eigenvalue weighted by atomic mass is 10.1. The van der Waals surface area contributed by atoms with Crippen LogP contribution < -0.4 is 21.5 Å². The number of benzene rings is 2. The maximum absolute atomic E-state index is 12.8. The van der Waals surface area contributed by atoms with Gasteiger partial charge in [0.1, 0.15) is 15.6 Å². The maximum Gasteiger partial charge on any atom is 0.253 e. The standard InChI is InChI=1S/C20H18ClN3O3S/c1-2-27-14-9-7-13(8-10-14)24-20-15(19(23)26)16(22)18(28-20)17(25)11-3-5-12(21)6-4-11/h3-10,24H,2,22H2,1H3,(H2,23,26). The molecule has 3 rings (SSSR count). The Kier molecular flexibility index (Phi) is 5.87. The summed E-state index contributed by atoms with van der Waals surface area (Å²) in [6, 6.07) is 13.6. The third-order valence-corrected chi connectivity index (χ3v) is 5.30. The van der Waals surface area contributed by atoms with E-state index in [9.17, 15) is 9.59 Å². The van der Waals surface area contributed by atoms with E-state index in [4.69, 9.17) is 27.8 Å². The molecule has 0 spiro atoms. The lowest BCUT2D eigenvalue weighted by Gasteiger charge is -2.07. The summed E-state index contributed by atoms with van der Waals surface area (Å²) in [5.74, 6) is -0.286. The van der Waals surface area contributed by atoms with E-state index in [1.807, 2.05) is 6.92 Å². The normalized spacial score (nSPS) is 10.5. The lowest BCUT2D eigenvalue weighted by Crippen LogP contribution is -2.14. The van der Waals surface area contributed by atoms with Crippen LogP contribution in [-0.2, 0) is 0 Å². The zero-order valence-corrected chi connectivity index (χ0v) is 16.6. The van der Waals surface area contributed by atoms with E-state index < -0.39 is 5.91 Å². The number of carbonyl (C=O) groups is 2. The molecule has 1 aromatic heterocycles. The van der Waals surface area contributed by atoms with E-state index >= 15 is 0 Å². The van der Waals surface area contributed by atoms with E-state index in [1.54, 1.807) is 48.5 Å². The van der Waals surface area contributed by atoms with Gasteiger partial charge in [0.25, 0.3) is 5.91 Å². The van der Waals surface area contributed by atoms with E-state index in [1.165, 1.54) is 0 Å². The van der Waals surface area contributed by atoms with E-state index in [0.29, 0.717) is 27.9 Å². The van der Waals surface area contributed by atoms with Gasteiger partial charge in [-0.1, -0.05) is 11.6 Å². The largest absolute Gasteiger partial charge is 0.494 e. The SMILES string of the molecule is CCOc1ccc(Nc2sc(C(=O)c3ccc(Cl)cc3)c(N)c2C(N)=O)cc1. The molecule has 0 unspecified atom stereocenters. The number of nitrogen functional groups attached to an aromatic ring is 1. The summed E-state index contributed by atoms with van der Waals surface area (Å²) in [6.07, 6.45) is 0. The Morgan fingerprint density at radius 3 is 2.32 bits per heavy atom. The number of nitrogens with two attached hydrogens (primary N) is 2. The summed E-state index contributed by atoms with van der Waals surface area (Å²) in [5, 5.41) is 4.04. The van der Waals surface area contributed by atoms with Gasteiger partial charge in [-0.05, 0) is 55.5 Å². The van der Waals surface area contributed by atoms with Gasteiger partial charge in [0.05, 0.1) is 17.9 Å². The molecule has 3 aromatic rings. The number of hydrogen-bond acceptors (Lipinski definition) is 6. The van der Waals surface area contributed by atoms with Crippen LogP contribution in [0.1, 0.15) is 32.5 Å². The smallest absolute Gasteiger partial charge is 0.253 e.